The summed E-state index contributed by atoms with van der Waals surface area (Å²) in [6, 6.07) is 0.958. The molecule has 0 radical (unpaired) electrons. The van der Waals surface area contributed by atoms with E-state index in [1.54, 1.807) is 4.90 Å². The van der Waals surface area contributed by atoms with Gasteiger partial charge in [0.2, 0.25) is 0 Å². The SMILES string of the molecule is CC(C)(C)OC(=O)N1C2CCC1CN(c1nc(OCC34CCCN3C[C@H](F)C4)nc3c(F)c(Br)c(F)cc13)C2. The Morgan fingerprint density at radius 2 is 1.90 bits per heavy atom. The lowest BCUT2D eigenvalue weighted by molar-refractivity contribution is 0.0122. The van der Waals surface area contributed by atoms with Crippen LogP contribution < -0.4 is 9.64 Å². The molecule has 1 aromatic carbocycles. The molecule has 0 spiro atoms. The minimum absolute atomic E-state index is 0.0274. The van der Waals surface area contributed by atoms with Crippen molar-refractivity contribution < 1.29 is 27.4 Å². The highest BCUT2D eigenvalue weighted by Gasteiger charge is 2.50. The maximum absolute atomic E-state index is 15.3. The number of halogens is 4. The fourth-order valence-corrected chi connectivity index (χ4v) is 7.08. The van der Waals surface area contributed by atoms with E-state index >= 15 is 4.39 Å². The lowest BCUT2D eigenvalue weighted by Crippen LogP contribution is -2.57. The van der Waals surface area contributed by atoms with E-state index in [0.717, 1.165) is 32.2 Å². The van der Waals surface area contributed by atoms with Crippen molar-refractivity contribution >= 4 is 38.7 Å². The smallest absolute Gasteiger partial charge is 0.410 e. The van der Waals surface area contributed by atoms with Crippen LogP contribution in [0.2, 0.25) is 0 Å². The Balaban J connectivity index is 1.32. The lowest BCUT2D eigenvalue weighted by Gasteiger charge is -2.42. The number of benzene rings is 1. The summed E-state index contributed by atoms with van der Waals surface area (Å²) in [6.45, 7) is 7.77. The molecule has 2 bridgehead atoms. The van der Waals surface area contributed by atoms with Gasteiger partial charge in [0.1, 0.15) is 35.5 Å². The lowest BCUT2D eigenvalue weighted by atomic mass is 9.95. The highest BCUT2D eigenvalue weighted by Crippen LogP contribution is 2.41. The molecule has 4 aliphatic heterocycles. The third-order valence-electron chi connectivity index (χ3n) is 8.40. The van der Waals surface area contributed by atoms with Gasteiger partial charge in [-0.1, -0.05) is 0 Å². The van der Waals surface area contributed by atoms with Crippen molar-refractivity contribution in [2.24, 2.45) is 0 Å². The van der Waals surface area contributed by atoms with Crippen LogP contribution in [-0.2, 0) is 4.74 Å². The van der Waals surface area contributed by atoms with Gasteiger partial charge in [0.15, 0.2) is 5.82 Å². The third-order valence-corrected chi connectivity index (χ3v) is 9.13. The molecule has 1 amide bonds. The predicted octanol–water partition coefficient (Wildman–Crippen LogP) is 5.21. The second-order valence-corrected chi connectivity index (χ2v) is 13.0. The quantitative estimate of drug-likeness (QED) is 0.439. The van der Waals surface area contributed by atoms with Crippen molar-refractivity contribution in [3.8, 4) is 6.01 Å². The summed E-state index contributed by atoms with van der Waals surface area (Å²) in [5.74, 6) is -1.23. The van der Waals surface area contributed by atoms with Gasteiger partial charge in [-0.25, -0.2) is 18.0 Å². The molecule has 212 valence electrons. The van der Waals surface area contributed by atoms with E-state index in [2.05, 4.69) is 30.8 Å². The Morgan fingerprint density at radius 3 is 2.59 bits per heavy atom. The highest BCUT2D eigenvalue weighted by molar-refractivity contribution is 9.10. The van der Waals surface area contributed by atoms with E-state index in [1.165, 1.54) is 6.07 Å². The standard InChI is InChI=1S/C27H33BrF3N5O3/c1-26(2,3)39-25(37)36-16-5-6-17(36)13-34(12-16)23-18-9-19(30)20(28)21(31)22(18)32-24(33-23)38-14-27-7-4-8-35(27)11-15(29)10-27/h9,15-17H,4-8,10-14H2,1-3H3/t15-,16?,17?,27?/m1/s1. The average molecular weight is 612 g/mol. The number of hydrogen-bond donors (Lipinski definition) is 0. The molecule has 4 fully saturated rings. The Hall–Kier alpha value is -2.34. The number of anilines is 1. The summed E-state index contributed by atoms with van der Waals surface area (Å²) in [4.78, 5) is 27.8. The normalized spacial score (nSPS) is 28.8. The minimum atomic E-state index is -0.907. The molecule has 0 saturated carbocycles. The molecule has 39 heavy (non-hydrogen) atoms. The second kappa shape index (κ2) is 9.64. The number of rotatable bonds is 4. The fraction of sp³-hybridized carbons (Fsp3) is 0.667. The van der Waals surface area contributed by atoms with Gasteiger partial charge in [-0.3, -0.25) is 9.80 Å². The molecule has 4 saturated heterocycles. The zero-order chi connectivity index (χ0) is 27.7. The number of nitrogens with zero attached hydrogens (tertiary/aromatic N) is 5. The van der Waals surface area contributed by atoms with Gasteiger partial charge in [-0.15, -0.1) is 0 Å². The Labute approximate surface area is 233 Å². The molecule has 1 aromatic heterocycles. The van der Waals surface area contributed by atoms with Crippen molar-refractivity contribution in [3.63, 3.8) is 0 Å². The monoisotopic (exact) mass is 611 g/mol. The van der Waals surface area contributed by atoms with Crippen molar-refractivity contribution in [2.75, 3.05) is 37.7 Å². The molecule has 6 rings (SSSR count). The maximum Gasteiger partial charge on any atom is 0.410 e. The second-order valence-electron chi connectivity index (χ2n) is 12.3. The van der Waals surface area contributed by atoms with E-state index in [0.29, 0.717) is 31.9 Å². The van der Waals surface area contributed by atoms with Gasteiger partial charge in [-0.05, 0) is 75.0 Å². The van der Waals surface area contributed by atoms with E-state index in [-0.39, 0.29) is 46.2 Å². The van der Waals surface area contributed by atoms with Crippen LogP contribution in [0.4, 0.5) is 23.8 Å². The van der Waals surface area contributed by atoms with Gasteiger partial charge >= 0.3 is 12.1 Å². The number of hydrogen-bond acceptors (Lipinski definition) is 7. The van der Waals surface area contributed by atoms with E-state index < -0.39 is 28.9 Å². The Kier molecular flexibility index (Phi) is 6.64. The van der Waals surface area contributed by atoms with Crippen molar-refractivity contribution in [1.82, 2.24) is 19.8 Å². The number of piperazine rings is 1. The number of amides is 1. The first-order valence-corrected chi connectivity index (χ1v) is 14.4. The summed E-state index contributed by atoms with van der Waals surface area (Å²) in [7, 11) is 0. The van der Waals surface area contributed by atoms with Gasteiger partial charge < -0.3 is 14.4 Å². The van der Waals surface area contributed by atoms with Crippen molar-refractivity contribution in [1.29, 1.82) is 0 Å². The largest absolute Gasteiger partial charge is 0.461 e. The number of alkyl halides is 1. The summed E-state index contributed by atoms with van der Waals surface area (Å²) >= 11 is 2.99. The maximum atomic E-state index is 15.3. The van der Waals surface area contributed by atoms with Crippen LogP contribution in [0.5, 0.6) is 6.01 Å². The minimum Gasteiger partial charge on any atom is -0.461 e. The molecule has 12 heteroatoms. The fourth-order valence-electron chi connectivity index (χ4n) is 6.78. The van der Waals surface area contributed by atoms with Crippen LogP contribution in [0, 0.1) is 11.6 Å². The van der Waals surface area contributed by atoms with Gasteiger partial charge in [-0.2, -0.15) is 9.97 Å². The van der Waals surface area contributed by atoms with Crippen LogP contribution in [0.25, 0.3) is 10.9 Å². The predicted molar refractivity (Wildman–Crippen MR) is 143 cm³/mol. The summed E-state index contributed by atoms with van der Waals surface area (Å²) in [6.07, 6.45) is 2.49. The zero-order valence-corrected chi connectivity index (χ0v) is 23.9. The van der Waals surface area contributed by atoms with Gasteiger partial charge in [0, 0.05) is 31.4 Å². The van der Waals surface area contributed by atoms with E-state index in [1.807, 2.05) is 25.7 Å². The molecule has 0 N–H and O–H groups in total. The van der Waals surface area contributed by atoms with Crippen LogP contribution >= 0.6 is 15.9 Å². The number of carbonyl (C=O) groups is 1. The molecule has 4 atom stereocenters. The Bertz CT molecular complexity index is 1300. The molecule has 2 aromatic rings. The number of aromatic nitrogens is 2. The molecular weight excluding hydrogens is 579 g/mol. The summed E-state index contributed by atoms with van der Waals surface area (Å²) in [5.41, 5.74) is -1.08. The summed E-state index contributed by atoms with van der Waals surface area (Å²) in [5, 5.41) is 0.232. The highest BCUT2D eigenvalue weighted by atomic mass is 79.9. The number of carbonyl (C=O) groups excluding carboxylic acids is 1. The number of ether oxygens (including phenoxy) is 2. The van der Waals surface area contributed by atoms with Gasteiger partial charge in [0.05, 0.1) is 22.1 Å². The third kappa shape index (κ3) is 4.81. The van der Waals surface area contributed by atoms with Crippen molar-refractivity contribution in [2.45, 2.75) is 82.3 Å². The molecule has 0 aliphatic carbocycles. The van der Waals surface area contributed by atoms with E-state index in [4.69, 9.17) is 9.47 Å². The Morgan fingerprint density at radius 1 is 1.18 bits per heavy atom. The molecule has 3 unspecified atom stereocenters. The summed E-state index contributed by atoms with van der Waals surface area (Å²) < 4.78 is 55.7. The van der Waals surface area contributed by atoms with Crippen LogP contribution in [-0.4, -0.2) is 88.0 Å². The van der Waals surface area contributed by atoms with Gasteiger partial charge in [0.25, 0.3) is 0 Å². The molecular formula is C27H33BrF3N5O3. The molecule has 8 nitrogen and oxygen atoms in total. The van der Waals surface area contributed by atoms with E-state index in [9.17, 15) is 13.6 Å². The topological polar surface area (TPSA) is 71.0 Å². The molecule has 5 heterocycles. The molecule has 4 aliphatic rings. The van der Waals surface area contributed by atoms with Crippen LogP contribution in [0.1, 0.15) is 52.9 Å². The zero-order valence-electron chi connectivity index (χ0n) is 22.4. The first-order chi connectivity index (χ1) is 18.4. The first kappa shape index (κ1) is 26.9. The van der Waals surface area contributed by atoms with Crippen LogP contribution in [0.3, 0.4) is 0 Å². The first-order valence-electron chi connectivity index (χ1n) is 13.6. The van der Waals surface area contributed by atoms with Crippen molar-refractivity contribution in [3.05, 3.63) is 22.2 Å². The van der Waals surface area contributed by atoms with Crippen LogP contribution in [0.15, 0.2) is 10.5 Å². The number of fused-ring (bicyclic) bond motifs is 4. The average Bonchev–Trinajstić information content (AvgIpc) is 3.47.